The number of carboxylic acids is 1. The molecule has 0 unspecified atom stereocenters. The highest BCUT2D eigenvalue weighted by atomic mass is 16.6. The number of hydrogen-bond donors (Lipinski definition) is 1. The fourth-order valence-corrected chi connectivity index (χ4v) is 1.94. The van der Waals surface area contributed by atoms with E-state index in [0.29, 0.717) is 16.9 Å². The molecule has 7 heteroatoms. The van der Waals surface area contributed by atoms with Crippen LogP contribution in [0.1, 0.15) is 27.4 Å². The normalized spacial score (nSPS) is 10.4. The smallest absolute Gasteiger partial charge is 0.372 e. The topological polar surface area (TPSA) is 103 Å². The quantitative estimate of drug-likeness (QED) is 0.670. The minimum Gasteiger partial charge on any atom is -0.478 e. The minimum atomic E-state index is -1.17. The Morgan fingerprint density at radius 3 is 2.67 bits per heavy atom. The van der Waals surface area contributed by atoms with Crippen molar-refractivity contribution in [3.05, 3.63) is 57.0 Å². The average molecular weight is 291 g/mol. The zero-order valence-electron chi connectivity index (χ0n) is 11.5. The molecule has 0 saturated heterocycles. The molecule has 7 nitrogen and oxygen atoms in total. The van der Waals surface area contributed by atoms with Crippen LogP contribution < -0.4 is 4.74 Å². The van der Waals surface area contributed by atoms with Gasteiger partial charge in [-0.15, -0.1) is 0 Å². The first-order valence-electron chi connectivity index (χ1n) is 6.09. The summed E-state index contributed by atoms with van der Waals surface area (Å²) < 4.78 is 10.6. The molecule has 21 heavy (non-hydrogen) atoms. The highest BCUT2D eigenvalue weighted by molar-refractivity contribution is 5.86. The fourth-order valence-electron chi connectivity index (χ4n) is 1.94. The van der Waals surface area contributed by atoms with Gasteiger partial charge < -0.3 is 14.3 Å². The second-order valence-electron chi connectivity index (χ2n) is 4.50. The Bertz CT molecular complexity index is 703. The van der Waals surface area contributed by atoms with E-state index in [0.717, 1.165) is 0 Å². The van der Waals surface area contributed by atoms with E-state index < -0.39 is 10.9 Å². The number of hydrogen-bond acceptors (Lipinski definition) is 5. The van der Waals surface area contributed by atoms with Crippen molar-refractivity contribution < 1.29 is 24.0 Å². The monoisotopic (exact) mass is 291 g/mol. The Kier molecular flexibility index (Phi) is 3.93. The lowest BCUT2D eigenvalue weighted by molar-refractivity contribution is -0.386. The van der Waals surface area contributed by atoms with Gasteiger partial charge in [-0.05, 0) is 25.5 Å². The molecule has 1 N–H and O–H groups in total. The van der Waals surface area contributed by atoms with E-state index in [9.17, 15) is 14.9 Å². The molecule has 0 spiro atoms. The maximum absolute atomic E-state index is 11.0. The Morgan fingerprint density at radius 1 is 1.38 bits per heavy atom. The molecular formula is C14H13NO6. The largest absolute Gasteiger partial charge is 0.478 e. The molecule has 2 rings (SSSR count). The summed E-state index contributed by atoms with van der Waals surface area (Å²) >= 11 is 0. The van der Waals surface area contributed by atoms with Crippen molar-refractivity contribution >= 4 is 11.7 Å². The zero-order chi connectivity index (χ0) is 15.6. The standard InChI is InChI=1S/C14H13NO6/c1-8-4-3-5-11(15(18)19)12(8)20-7-10-6-9(2)13(21-10)14(16)17/h3-6H,7H2,1-2H3,(H,16,17). The summed E-state index contributed by atoms with van der Waals surface area (Å²) in [4.78, 5) is 21.3. The number of rotatable bonds is 5. The summed E-state index contributed by atoms with van der Waals surface area (Å²) in [6.07, 6.45) is 0. The highest BCUT2D eigenvalue weighted by Crippen LogP contribution is 2.31. The number of carbonyl (C=O) groups is 1. The van der Waals surface area contributed by atoms with Gasteiger partial charge in [-0.3, -0.25) is 10.1 Å². The van der Waals surface area contributed by atoms with Crippen molar-refractivity contribution in [2.75, 3.05) is 0 Å². The van der Waals surface area contributed by atoms with Crippen LogP contribution in [-0.2, 0) is 6.61 Å². The van der Waals surface area contributed by atoms with Crippen LogP contribution in [0.5, 0.6) is 5.75 Å². The van der Waals surface area contributed by atoms with Crippen LogP contribution in [0.2, 0.25) is 0 Å². The summed E-state index contributed by atoms with van der Waals surface area (Å²) in [5, 5.41) is 19.9. The number of aryl methyl sites for hydroxylation is 2. The van der Waals surface area contributed by atoms with Gasteiger partial charge >= 0.3 is 11.7 Å². The molecular weight excluding hydrogens is 278 g/mol. The van der Waals surface area contributed by atoms with Crippen LogP contribution in [0.25, 0.3) is 0 Å². The summed E-state index contributed by atoms with van der Waals surface area (Å²) in [5.41, 5.74) is 0.947. The number of ether oxygens (including phenoxy) is 1. The molecule has 0 aliphatic heterocycles. The van der Waals surface area contributed by atoms with Crippen molar-refractivity contribution in [3.8, 4) is 5.75 Å². The van der Waals surface area contributed by atoms with Gasteiger partial charge in [-0.25, -0.2) is 4.79 Å². The molecule has 0 aliphatic rings. The molecule has 110 valence electrons. The molecule has 0 radical (unpaired) electrons. The number of benzene rings is 1. The molecule has 1 aromatic carbocycles. The lowest BCUT2D eigenvalue weighted by Crippen LogP contribution is -2.00. The van der Waals surface area contributed by atoms with Gasteiger partial charge in [0.25, 0.3) is 0 Å². The van der Waals surface area contributed by atoms with E-state index in [1.54, 1.807) is 26.0 Å². The van der Waals surface area contributed by atoms with Gasteiger partial charge in [0, 0.05) is 11.6 Å². The van der Waals surface area contributed by atoms with Gasteiger partial charge in [-0.1, -0.05) is 12.1 Å². The third kappa shape index (κ3) is 3.02. The van der Waals surface area contributed by atoms with Crippen molar-refractivity contribution in [1.82, 2.24) is 0 Å². The molecule has 0 bridgehead atoms. The van der Waals surface area contributed by atoms with Gasteiger partial charge in [0.15, 0.2) is 0 Å². The first-order chi connectivity index (χ1) is 9.90. The van der Waals surface area contributed by atoms with Gasteiger partial charge in [0.05, 0.1) is 4.92 Å². The Hall–Kier alpha value is -2.83. The summed E-state index contributed by atoms with van der Waals surface area (Å²) in [7, 11) is 0. The Balaban J connectivity index is 2.23. The van der Waals surface area contributed by atoms with E-state index in [4.69, 9.17) is 14.3 Å². The van der Waals surface area contributed by atoms with Gasteiger partial charge in [0.2, 0.25) is 11.5 Å². The van der Waals surface area contributed by atoms with E-state index in [1.807, 2.05) is 0 Å². The summed E-state index contributed by atoms with van der Waals surface area (Å²) in [6, 6.07) is 6.14. The van der Waals surface area contributed by atoms with Gasteiger partial charge in [0.1, 0.15) is 12.4 Å². The number of nitro benzene ring substituents is 1. The van der Waals surface area contributed by atoms with E-state index in [1.165, 1.54) is 12.1 Å². The molecule has 1 aromatic heterocycles. The van der Waals surface area contributed by atoms with Crippen molar-refractivity contribution in [2.24, 2.45) is 0 Å². The minimum absolute atomic E-state index is 0.0835. The van der Waals surface area contributed by atoms with Crippen LogP contribution in [0.3, 0.4) is 0 Å². The second-order valence-corrected chi connectivity index (χ2v) is 4.50. The lowest BCUT2D eigenvalue weighted by atomic mass is 10.2. The number of aromatic carboxylic acids is 1. The number of para-hydroxylation sites is 1. The third-order valence-electron chi connectivity index (χ3n) is 2.91. The maximum Gasteiger partial charge on any atom is 0.372 e. The van der Waals surface area contributed by atoms with E-state index in [2.05, 4.69) is 0 Å². The molecule has 0 aliphatic carbocycles. The molecule has 0 atom stereocenters. The molecule has 2 aromatic rings. The zero-order valence-corrected chi connectivity index (χ0v) is 11.5. The van der Waals surface area contributed by atoms with E-state index >= 15 is 0 Å². The summed E-state index contributed by atoms with van der Waals surface area (Å²) in [6.45, 7) is 3.21. The second kappa shape index (κ2) is 5.66. The Labute approximate surface area is 119 Å². The lowest BCUT2D eigenvalue weighted by Gasteiger charge is -2.07. The first kappa shape index (κ1) is 14.6. The van der Waals surface area contributed by atoms with Gasteiger partial charge in [-0.2, -0.15) is 0 Å². The van der Waals surface area contributed by atoms with Crippen LogP contribution >= 0.6 is 0 Å². The van der Waals surface area contributed by atoms with E-state index in [-0.39, 0.29) is 23.8 Å². The van der Waals surface area contributed by atoms with Crippen molar-refractivity contribution in [1.29, 1.82) is 0 Å². The molecule has 0 saturated carbocycles. The van der Waals surface area contributed by atoms with Crippen LogP contribution in [0.15, 0.2) is 28.7 Å². The molecule has 1 heterocycles. The number of nitro groups is 1. The number of furan rings is 1. The maximum atomic E-state index is 11.0. The molecule has 0 fully saturated rings. The predicted molar refractivity (Wildman–Crippen MR) is 72.6 cm³/mol. The van der Waals surface area contributed by atoms with Crippen LogP contribution in [0, 0.1) is 24.0 Å². The fraction of sp³-hybridized carbons (Fsp3) is 0.214. The first-order valence-corrected chi connectivity index (χ1v) is 6.09. The predicted octanol–water partition coefficient (Wildman–Crippen LogP) is 3.08. The third-order valence-corrected chi connectivity index (χ3v) is 2.91. The van der Waals surface area contributed by atoms with Crippen LogP contribution in [0.4, 0.5) is 5.69 Å². The Morgan fingerprint density at radius 2 is 2.10 bits per heavy atom. The number of nitrogens with zero attached hydrogens (tertiary/aromatic N) is 1. The SMILES string of the molecule is Cc1cc(COc2c(C)cccc2[N+](=O)[O-])oc1C(=O)O. The van der Waals surface area contributed by atoms with Crippen molar-refractivity contribution in [3.63, 3.8) is 0 Å². The number of carboxylic acid groups (broad SMARTS) is 1. The molecule has 0 amide bonds. The summed E-state index contributed by atoms with van der Waals surface area (Å²) in [5.74, 6) is -0.885. The average Bonchev–Trinajstić information content (AvgIpc) is 2.78. The van der Waals surface area contributed by atoms with Crippen LogP contribution in [-0.4, -0.2) is 16.0 Å². The highest BCUT2D eigenvalue weighted by Gasteiger charge is 2.19. The van der Waals surface area contributed by atoms with Crippen molar-refractivity contribution in [2.45, 2.75) is 20.5 Å².